The fraction of sp³-hybridized carbons (Fsp3) is 0.111. The van der Waals surface area contributed by atoms with Crippen molar-refractivity contribution >= 4 is 18.0 Å². The van der Waals surface area contributed by atoms with Crippen LogP contribution in [0.15, 0.2) is 48.2 Å². The molecule has 0 aliphatic carbocycles. The van der Waals surface area contributed by atoms with Crippen molar-refractivity contribution in [1.29, 1.82) is 0 Å². The van der Waals surface area contributed by atoms with Crippen LogP contribution in [0.5, 0.6) is 17.2 Å². The zero-order valence-corrected chi connectivity index (χ0v) is 13.3. The van der Waals surface area contributed by atoms with Crippen LogP contribution in [0.3, 0.4) is 0 Å². The number of benzene rings is 2. The lowest BCUT2D eigenvalue weighted by atomic mass is 10.1. The molecular formula is C18H15NO6. The molecule has 2 aromatic rings. The number of rotatable bonds is 5. The van der Waals surface area contributed by atoms with Gasteiger partial charge in [0.25, 0.3) is 5.91 Å². The molecule has 2 aromatic carbocycles. The van der Waals surface area contributed by atoms with Crippen LogP contribution in [-0.2, 0) is 4.79 Å². The molecule has 7 nitrogen and oxygen atoms in total. The number of methoxy groups -OCH3 is 1. The summed E-state index contributed by atoms with van der Waals surface area (Å²) in [5.74, 6) is -0.0567. The molecular weight excluding hydrogens is 326 g/mol. The van der Waals surface area contributed by atoms with Gasteiger partial charge in [-0.25, -0.2) is 4.79 Å². The van der Waals surface area contributed by atoms with E-state index in [1.165, 1.54) is 13.2 Å². The van der Waals surface area contributed by atoms with Gasteiger partial charge in [0.1, 0.15) is 11.4 Å². The number of carbonyl (C=O) groups excluding carboxylic acids is 1. The standard InChI is InChI=1S/C18H15NO6/c1-23-13-5-3-12(4-6-13)17(20)19-14(18(21)22)8-11-2-7-15-16(9-11)25-10-24-15/h2-9H,10H2,1H3,(H,19,20)(H,21,22)/b14-8-. The molecule has 0 saturated heterocycles. The van der Waals surface area contributed by atoms with Crippen LogP contribution in [0.1, 0.15) is 15.9 Å². The van der Waals surface area contributed by atoms with E-state index >= 15 is 0 Å². The highest BCUT2D eigenvalue weighted by Crippen LogP contribution is 2.33. The van der Waals surface area contributed by atoms with E-state index in [0.717, 1.165) is 0 Å². The van der Waals surface area contributed by atoms with Crippen LogP contribution in [0.2, 0.25) is 0 Å². The Bertz CT molecular complexity index is 841. The number of hydrogen-bond acceptors (Lipinski definition) is 5. The topological polar surface area (TPSA) is 94.1 Å². The number of carboxylic acids is 1. The van der Waals surface area contributed by atoms with E-state index in [9.17, 15) is 14.7 Å². The molecule has 2 N–H and O–H groups in total. The summed E-state index contributed by atoms with van der Waals surface area (Å²) in [5.41, 5.74) is 0.634. The number of carbonyl (C=O) groups is 2. The second-order valence-electron chi connectivity index (χ2n) is 5.16. The first-order chi connectivity index (χ1) is 12.1. The van der Waals surface area contributed by atoms with Crippen LogP contribution in [0, 0.1) is 0 Å². The molecule has 0 bridgehead atoms. The van der Waals surface area contributed by atoms with Crippen LogP contribution in [0.4, 0.5) is 0 Å². The molecule has 128 valence electrons. The van der Waals surface area contributed by atoms with Crippen LogP contribution < -0.4 is 19.5 Å². The van der Waals surface area contributed by atoms with E-state index in [1.54, 1.807) is 42.5 Å². The highest BCUT2D eigenvalue weighted by atomic mass is 16.7. The van der Waals surface area contributed by atoms with E-state index in [0.29, 0.717) is 28.4 Å². The van der Waals surface area contributed by atoms with Crippen molar-refractivity contribution in [1.82, 2.24) is 5.32 Å². The second-order valence-corrected chi connectivity index (χ2v) is 5.16. The first-order valence-corrected chi connectivity index (χ1v) is 7.37. The lowest BCUT2D eigenvalue weighted by Crippen LogP contribution is -2.27. The second kappa shape index (κ2) is 6.96. The summed E-state index contributed by atoms with van der Waals surface area (Å²) < 4.78 is 15.5. The number of nitrogens with one attached hydrogen (secondary N) is 1. The van der Waals surface area contributed by atoms with Crippen molar-refractivity contribution in [3.8, 4) is 17.2 Å². The smallest absolute Gasteiger partial charge is 0.352 e. The maximum Gasteiger partial charge on any atom is 0.352 e. The van der Waals surface area contributed by atoms with Gasteiger partial charge in [0.2, 0.25) is 6.79 Å². The average Bonchev–Trinajstić information content (AvgIpc) is 3.08. The Balaban J connectivity index is 1.80. The fourth-order valence-corrected chi connectivity index (χ4v) is 2.26. The lowest BCUT2D eigenvalue weighted by molar-refractivity contribution is -0.132. The van der Waals surface area contributed by atoms with Gasteiger partial charge in [-0.1, -0.05) is 6.07 Å². The summed E-state index contributed by atoms with van der Waals surface area (Å²) in [6.07, 6.45) is 1.35. The first-order valence-electron chi connectivity index (χ1n) is 7.37. The third-order valence-corrected chi connectivity index (χ3v) is 3.54. The highest BCUT2D eigenvalue weighted by molar-refractivity contribution is 6.02. The molecule has 0 saturated carbocycles. The molecule has 0 unspecified atom stereocenters. The van der Waals surface area contributed by atoms with Gasteiger partial charge < -0.3 is 24.6 Å². The van der Waals surface area contributed by atoms with Crippen LogP contribution in [-0.4, -0.2) is 30.9 Å². The van der Waals surface area contributed by atoms with Crippen molar-refractivity contribution < 1.29 is 28.9 Å². The number of carboxylic acid groups (broad SMARTS) is 1. The Morgan fingerprint density at radius 3 is 2.52 bits per heavy atom. The van der Waals surface area contributed by atoms with E-state index < -0.39 is 11.9 Å². The summed E-state index contributed by atoms with van der Waals surface area (Å²) in [4.78, 5) is 23.7. The minimum atomic E-state index is -1.25. The molecule has 0 radical (unpaired) electrons. The van der Waals surface area contributed by atoms with Gasteiger partial charge in [0.05, 0.1) is 7.11 Å². The van der Waals surface area contributed by atoms with Crippen LogP contribution in [0.25, 0.3) is 6.08 Å². The van der Waals surface area contributed by atoms with E-state index in [4.69, 9.17) is 14.2 Å². The first kappa shape index (κ1) is 16.4. The van der Waals surface area contributed by atoms with Gasteiger partial charge >= 0.3 is 5.97 Å². The molecule has 25 heavy (non-hydrogen) atoms. The van der Waals surface area contributed by atoms with E-state index in [-0.39, 0.29) is 12.5 Å². The minimum absolute atomic E-state index is 0.127. The van der Waals surface area contributed by atoms with Gasteiger partial charge in [0, 0.05) is 5.56 Å². The molecule has 1 aliphatic heterocycles. The predicted octanol–water partition coefficient (Wildman–Crippen LogP) is 2.28. The Hall–Kier alpha value is -3.48. The molecule has 0 aromatic heterocycles. The summed E-state index contributed by atoms with van der Waals surface area (Å²) >= 11 is 0. The van der Waals surface area contributed by atoms with Crippen molar-refractivity contribution in [3.63, 3.8) is 0 Å². The van der Waals surface area contributed by atoms with Crippen molar-refractivity contribution in [2.75, 3.05) is 13.9 Å². The molecule has 0 spiro atoms. The number of ether oxygens (including phenoxy) is 3. The molecule has 3 rings (SSSR count). The normalized spacial score (nSPS) is 12.6. The van der Waals surface area contributed by atoms with Gasteiger partial charge in [-0.2, -0.15) is 0 Å². The van der Waals surface area contributed by atoms with E-state index in [1.807, 2.05) is 0 Å². The number of hydrogen-bond donors (Lipinski definition) is 2. The fourth-order valence-electron chi connectivity index (χ4n) is 2.26. The van der Waals surface area contributed by atoms with Gasteiger partial charge in [-0.15, -0.1) is 0 Å². The minimum Gasteiger partial charge on any atom is -0.497 e. The van der Waals surface area contributed by atoms with Gasteiger partial charge in [-0.05, 0) is 48.0 Å². The molecule has 1 aliphatic rings. The van der Waals surface area contributed by atoms with Crippen molar-refractivity contribution in [2.45, 2.75) is 0 Å². The Morgan fingerprint density at radius 2 is 1.84 bits per heavy atom. The summed E-state index contributed by atoms with van der Waals surface area (Å²) in [5, 5.41) is 11.7. The van der Waals surface area contributed by atoms with Gasteiger partial charge in [0.15, 0.2) is 11.5 Å². The van der Waals surface area contributed by atoms with Gasteiger partial charge in [-0.3, -0.25) is 4.79 Å². The molecule has 0 atom stereocenters. The molecule has 0 fully saturated rings. The monoisotopic (exact) mass is 341 g/mol. The molecule has 1 amide bonds. The summed E-state index contributed by atoms with van der Waals surface area (Å²) in [6, 6.07) is 11.3. The Kier molecular flexibility index (Phi) is 4.56. The maximum atomic E-state index is 12.2. The third kappa shape index (κ3) is 3.72. The quantitative estimate of drug-likeness (QED) is 0.811. The third-order valence-electron chi connectivity index (χ3n) is 3.54. The number of amides is 1. The van der Waals surface area contributed by atoms with Crippen molar-refractivity contribution in [3.05, 3.63) is 59.3 Å². The maximum absolute atomic E-state index is 12.2. The number of fused-ring (bicyclic) bond motifs is 1. The highest BCUT2D eigenvalue weighted by Gasteiger charge is 2.16. The van der Waals surface area contributed by atoms with E-state index in [2.05, 4.69) is 5.32 Å². The lowest BCUT2D eigenvalue weighted by Gasteiger charge is -2.07. The van der Waals surface area contributed by atoms with Crippen molar-refractivity contribution in [2.24, 2.45) is 0 Å². The largest absolute Gasteiger partial charge is 0.497 e. The summed E-state index contributed by atoms with van der Waals surface area (Å²) in [6.45, 7) is 0.127. The SMILES string of the molecule is COc1ccc(C(=O)N/C(=C\c2ccc3c(c2)OCO3)C(=O)O)cc1. The number of aliphatic carboxylic acids is 1. The Labute approximate surface area is 143 Å². The summed E-state index contributed by atoms with van der Waals surface area (Å²) in [7, 11) is 1.52. The molecule has 1 heterocycles. The zero-order chi connectivity index (χ0) is 17.8. The predicted molar refractivity (Wildman–Crippen MR) is 88.6 cm³/mol. The zero-order valence-electron chi connectivity index (χ0n) is 13.3. The molecule has 7 heteroatoms. The Morgan fingerprint density at radius 1 is 1.12 bits per heavy atom. The average molecular weight is 341 g/mol. The van der Waals surface area contributed by atoms with Crippen LogP contribution >= 0.6 is 0 Å².